The van der Waals surface area contributed by atoms with Gasteiger partial charge in [0.25, 0.3) is 5.91 Å². The van der Waals surface area contributed by atoms with E-state index in [1.54, 1.807) is 18.2 Å². The average molecular weight is 306 g/mol. The fourth-order valence-corrected chi connectivity index (χ4v) is 2.20. The molecule has 0 radical (unpaired) electrons. The van der Waals surface area contributed by atoms with Crippen LogP contribution in [0.5, 0.6) is 0 Å². The van der Waals surface area contributed by atoms with Crippen molar-refractivity contribution in [1.29, 1.82) is 0 Å². The minimum atomic E-state index is -1.03. The van der Waals surface area contributed by atoms with Gasteiger partial charge in [-0.3, -0.25) is 10.2 Å². The number of hydrogen-bond donors (Lipinski definition) is 5. The molecule has 1 aromatic carbocycles. The van der Waals surface area contributed by atoms with Crippen molar-refractivity contribution in [2.75, 3.05) is 12.3 Å². The van der Waals surface area contributed by atoms with Gasteiger partial charge in [-0.05, 0) is 31.0 Å². The Labute approximate surface area is 126 Å². The van der Waals surface area contributed by atoms with E-state index in [9.17, 15) is 9.59 Å². The van der Waals surface area contributed by atoms with E-state index < -0.39 is 12.0 Å². The highest BCUT2D eigenvalue weighted by Gasteiger charge is 2.11. The molecule has 2 aromatic rings. The molecule has 0 saturated carbocycles. The van der Waals surface area contributed by atoms with Crippen molar-refractivity contribution >= 4 is 29.0 Å². The second-order valence-corrected chi connectivity index (χ2v) is 4.74. The number of nitrogens with zero attached hydrogens (tertiary/aromatic N) is 2. The SMILES string of the molecule is NNC(=O)c1ccc2c(c1)nc(N)n2CCCCNC(=O)O. The predicted molar refractivity (Wildman–Crippen MR) is 81.1 cm³/mol. The Bertz CT molecular complexity index is 696. The predicted octanol–water partition coefficient (Wildman–Crippen LogP) is 0.270. The van der Waals surface area contributed by atoms with Crippen LogP contribution in [-0.2, 0) is 6.54 Å². The molecule has 0 saturated heterocycles. The molecule has 2 rings (SSSR count). The molecule has 9 heteroatoms. The molecule has 1 aromatic heterocycles. The first kappa shape index (κ1) is 15.6. The Morgan fingerprint density at radius 2 is 2.09 bits per heavy atom. The first-order valence-electron chi connectivity index (χ1n) is 6.76. The summed E-state index contributed by atoms with van der Waals surface area (Å²) in [5.74, 6) is 5.06. The van der Waals surface area contributed by atoms with Gasteiger partial charge in [0.05, 0.1) is 11.0 Å². The number of amides is 2. The van der Waals surface area contributed by atoms with Crippen molar-refractivity contribution in [1.82, 2.24) is 20.3 Å². The Kier molecular flexibility index (Phi) is 4.79. The van der Waals surface area contributed by atoms with Gasteiger partial charge in [0.2, 0.25) is 5.95 Å². The van der Waals surface area contributed by atoms with Crippen LogP contribution in [0.4, 0.5) is 10.7 Å². The smallest absolute Gasteiger partial charge is 0.404 e. The molecule has 7 N–H and O–H groups in total. The molecule has 2 amide bonds. The minimum Gasteiger partial charge on any atom is -0.465 e. The average Bonchev–Trinajstić information content (AvgIpc) is 2.80. The van der Waals surface area contributed by atoms with E-state index in [0.29, 0.717) is 36.5 Å². The van der Waals surface area contributed by atoms with Gasteiger partial charge in [-0.2, -0.15) is 0 Å². The van der Waals surface area contributed by atoms with Crippen LogP contribution >= 0.6 is 0 Å². The molecule has 0 unspecified atom stereocenters. The standard InChI is InChI=1S/C13H18N6O3/c14-12-17-9-7-8(11(20)18-15)3-4-10(9)19(12)6-2-1-5-16-13(21)22/h3-4,7,16H,1-2,5-6,15H2,(H2,14,17)(H,18,20)(H,21,22). The van der Waals surface area contributed by atoms with E-state index in [4.69, 9.17) is 16.7 Å². The number of nitrogens with two attached hydrogens (primary N) is 2. The lowest BCUT2D eigenvalue weighted by Gasteiger charge is -2.07. The highest BCUT2D eigenvalue weighted by molar-refractivity contribution is 5.97. The van der Waals surface area contributed by atoms with Crippen molar-refractivity contribution in [3.05, 3.63) is 23.8 Å². The fourth-order valence-electron chi connectivity index (χ4n) is 2.20. The number of aromatic nitrogens is 2. The third-order valence-electron chi connectivity index (χ3n) is 3.26. The summed E-state index contributed by atoms with van der Waals surface area (Å²) in [7, 11) is 0. The van der Waals surface area contributed by atoms with Gasteiger partial charge < -0.3 is 20.7 Å². The van der Waals surface area contributed by atoms with Gasteiger partial charge in [0, 0.05) is 18.7 Å². The summed E-state index contributed by atoms with van der Waals surface area (Å²) >= 11 is 0. The van der Waals surface area contributed by atoms with Crippen molar-refractivity contribution in [2.45, 2.75) is 19.4 Å². The zero-order chi connectivity index (χ0) is 16.1. The van der Waals surface area contributed by atoms with Crippen LogP contribution in [-0.4, -0.2) is 33.2 Å². The van der Waals surface area contributed by atoms with Crippen molar-refractivity contribution in [3.63, 3.8) is 0 Å². The molecule has 0 bridgehead atoms. The molecule has 118 valence electrons. The number of nitrogens with one attached hydrogen (secondary N) is 2. The lowest BCUT2D eigenvalue weighted by atomic mass is 10.2. The Morgan fingerprint density at radius 3 is 2.77 bits per heavy atom. The molecule has 0 aliphatic heterocycles. The second-order valence-electron chi connectivity index (χ2n) is 4.74. The van der Waals surface area contributed by atoms with Crippen LogP contribution in [0.15, 0.2) is 18.2 Å². The van der Waals surface area contributed by atoms with E-state index in [-0.39, 0.29) is 0 Å². The molecule has 0 atom stereocenters. The minimum absolute atomic E-state index is 0.353. The maximum absolute atomic E-state index is 11.5. The first-order valence-corrected chi connectivity index (χ1v) is 6.76. The maximum Gasteiger partial charge on any atom is 0.404 e. The van der Waals surface area contributed by atoms with E-state index in [0.717, 1.165) is 11.9 Å². The van der Waals surface area contributed by atoms with Crippen LogP contribution in [0.2, 0.25) is 0 Å². The monoisotopic (exact) mass is 306 g/mol. The Hall–Kier alpha value is -2.81. The van der Waals surface area contributed by atoms with Crippen LogP contribution in [0.1, 0.15) is 23.2 Å². The Balaban J connectivity index is 2.08. The summed E-state index contributed by atoms with van der Waals surface area (Å²) in [6.07, 6.45) is 0.415. The van der Waals surface area contributed by atoms with Crippen LogP contribution < -0.4 is 22.3 Å². The largest absolute Gasteiger partial charge is 0.465 e. The quantitative estimate of drug-likeness (QED) is 0.224. The number of rotatable bonds is 6. The maximum atomic E-state index is 11.5. The van der Waals surface area contributed by atoms with Gasteiger partial charge in [-0.1, -0.05) is 0 Å². The lowest BCUT2D eigenvalue weighted by molar-refractivity contribution is 0.0953. The number of fused-ring (bicyclic) bond motifs is 1. The number of anilines is 1. The number of carbonyl (C=O) groups is 2. The summed E-state index contributed by atoms with van der Waals surface area (Å²) in [5.41, 5.74) is 9.79. The van der Waals surface area contributed by atoms with Gasteiger partial charge in [0.1, 0.15) is 0 Å². The second kappa shape index (κ2) is 6.76. The number of unbranched alkanes of at least 4 members (excludes halogenated alkanes) is 1. The fraction of sp³-hybridized carbons (Fsp3) is 0.308. The number of carbonyl (C=O) groups excluding carboxylic acids is 1. The van der Waals surface area contributed by atoms with Gasteiger partial charge in [-0.25, -0.2) is 15.6 Å². The zero-order valence-corrected chi connectivity index (χ0v) is 11.9. The highest BCUT2D eigenvalue weighted by atomic mass is 16.4. The van der Waals surface area contributed by atoms with Crippen molar-refractivity contribution in [3.8, 4) is 0 Å². The normalized spacial score (nSPS) is 10.6. The summed E-state index contributed by atoms with van der Waals surface area (Å²) < 4.78 is 1.83. The molecule has 0 aliphatic carbocycles. The molecule has 0 aliphatic rings. The van der Waals surface area contributed by atoms with Gasteiger partial charge >= 0.3 is 6.09 Å². The number of imidazole rings is 1. The molecule has 9 nitrogen and oxygen atoms in total. The van der Waals surface area contributed by atoms with Gasteiger partial charge in [-0.15, -0.1) is 0 Å². The number of hydrazine groups is 1. The summed E-state index contributed by atoms with van der Waals surface area (Å²) in [5, 5.41) is 10.8. The van der Waals surface area contributed by atoms with Crippen LogP contribution in [0, 0.1) is 0 Å². The summed E-state index contributed by atoms with van der Waals surface area (Å²) in [4.78, 5) is 26.1. The molecular formula is C13H18N6O3. The zero-order valence-electron chi connectivity index (χ0n) is 11.9. The molecule has 0 fully saturated rings. The third kappa shape index (κ3) is 3.44. The molecule has 0 spiro atoms. The molecule has 22 heavy (non-hydrogen) atoms. The highest BCUT2D eigenvalue weighted by Crippen LogP contribution is 2.20. The number of aryl methyl sites for hydroxylation is 1. The van der Waals surface area contributed by atoms with Crippen LogP contribution in [0.25, 0.3) is 11.0 Å². The number of benzene rings is 1. The lowest BCUT2D eigenvalue weighted by Crippen LogP contribution is -2.29. The number of carboxylic acid groups (broad SMARTS) is 1. The van der Waals surface area contributed by atoms with E-state index >= 15 is 0 Å². The molecule has 1 heterocycles. The number of hydrogen-bond acceptors (Lipinski definition) is 5. The van der Waals surface area contributed by atoms with E-state index in [1.807, 2.05) is 4.57 Å². The van der Waals surface area contributed by atoms with E-state index in [2.05, 4.69) is 15.7 Å². The van der Waals surface area contributed by atoms with Crippen LogP contribution in [0.3, 0.4) is 0 Å². The topological polar surface area (TPSA) is 148 Å². The summed E-state index contributed by atoms with van der Waals surface area (Å²) in [6, 6.07) is 5.03. The van der Waals surface area contributed by atoms with Crippen molar-refractivity contribution in [2.24, 2.45) is 5.84 Å². The van der Waals surface area contributed by atoms with Crippen molar-refractivity contribution < 1.29 is 14.7 Å². The molecular weight excluding hydrogens is 288 g/mol. The van der Waals surface area contributed by atoms with Gasteiger partial charge in [0.15, 0.2) is 0 Å². The first-order chi connectivity index (χ1) is 10.5. The Morgan fingerprint density at radius 1 is 1.32 bits per heavy atom. The summed E-state index contributed by atoms with van der Waals surface area (Å²) in [6.45, 7) is 1.01. The van der Waals surface area contributed by atoms with E-state index in [1.165, 1.54) is 0 Å². The number of nitrogen functional groups attached to an aromatic ring is 2. The third-order valence-corrected chi connectivity index (χ3v) is 3.26.